The number of carbonyl (C=O) groups is 2. The molecule has 0 saturated heterocycles. The maximum Gasteiger partial charge on any atom is 0.340 e. The van der Waals surface area contributed by atoms with Crippen molar-refractivity contribution in [2.75, 3.05) is 11.9 Å². The number of aromatic amines is 1. The molecule has 1 aromatic heterocycles. The molecule has 1 amide bonds. The molecular weight excluding hydrogens is 316 g/mol. The number of carbonyl (C=O) groups excluding carboxylic acids is 2. The fraction of sp³-hybridized carbons (Fsp3) is 0.400. The van der Waals surface area contributed by atoms with E-state index < -0.39 is 5.97 Å². The van der Waals surface area contributed by atoms with Crippen LogP contribution in [0.15, 0.2) is 18.2 Å². The molecule has 0 unspecified atom stereocenters. The lowest BCUT2D eigenvalue weighted by Crippen LogP contribution is -2.16. The number of rotatable bonds is 6. The molecule has 0 atom stereocenters. The van der Waals surface area contributed by atoms with E-state index in [4.69, 9.17) is 4.74 Å². The lowest BCUT2D eigenvalue weighted by Gasteiger charge is -2.14. The van der Waals surface area contributed by atoms with Gasteiger partial charge in [-0.3, -0.25) is 4.79 Å². The SMILES string of the molecule is CCOC(=O)c1c(C)[nH]c(C(=O)Nc2c(CC)cccc2CC)c1C. The molecule has 5 heteroatoms. The molecule has 2 N–H and O–H groups in total. The van der Waals surface area contributed by atoms with Crippen LogP contribution in [-0.4, -0.2) is 23.5 Å². The van der Waals surface area contributed by atoms with Crippen LogP contribution >= 0.6 is 0 Å². The van der Waals surface area contributed by atoms with E-state index in [1.54, 1.807) is 20.8 Å². The summed E-state index contributed by atoms with van der Waals surface area (Å²) in [5.74, 6) is -0.650. The van der Waals surface area contributed by atoms with Crippen LogP contribution in [0.25, 0.3) is 0 Å². The second-order valence-corrected chi connectivity index (χ2v) is 5.96. The Labute approximate surface area is 148 Å². The van der Waals surface area contributed by atoms with Gasteiger partial charge in [-0.05, 0) is 50.3 Å². The van der Waals surface area contributed by atoms with Crippen molar-refractivity contribution in [3.63, 3.8) is 0 Å². The van der Waals surface area contributed by atoms with Gasteiger partial charge in [-0.2, -0.15) is 0 Å². The number of hydrogen-bond donors (Lipinski definition) is 2. The van der Waals surface area contributed by atoms with Crippen molar-refractivity contribution in [2.24, 2.45) is 0 Å². The van der Waals surface area contributed by atoms with Gasteiger partial charge in [0.1, 0.15) is 5.69 Å². The minimum atomic E-state index is -0.406. The normalized spacial score (nSPS) is 10.6. The zero-order valence-electron chi connectivity index (χ0n) is 15.6. The van der Waals surface area contributed by atoms with Crippen LogP contribution in [0.4, 0.5) is 5.69 Å². The van der Waals surface area contributed by atoms with Gasteiger partial charge < -0.3 is 15.0 Å². The first-order valence-electron chi connectivity index (χ1n) is 8.72. The van der Waals surface area contributed by atoms with Crippen LogP contribution in [0, 0.1) is 13.8 Å². The van der Waals surface area contributed by atoms with Crippen molar-refractivity contribution >= 4 is 17.6 Å². The Morgan fingerprint density at radius 3 is 2.20 bits per heavy atom. The molecule has 0 fully saturated rings. The number of nitrogens with one attached hydrogen (secondary N) is 2. The number of aryl methyl sites for hydroxylation is 3. The van der Waals surface area contributed by atoms with E-state index in [1.807, 2.05) is 18.2 Å². The van der Waals surface area contributed by atoms with Crippen molar-refractivity contribution in [3.8, 4) is 0 Å². The summed E-state index contributed by atoms with van der Waals surface area (Å²) in [5, 5.41) is 3.03. The highest BCUT2D eigenvalue weighted by Gasteiger charge is 2.23. The number of anilines is 1. The number of aromatic nitrogens is 1. The summed E-state index contributed by atoms with van der Waals surface area (Å²) in [5.41, 5.74) is 5.14. The Balaban J connectivity index is 2.38. The molecule has 134 valence electrons. The molecule has 0 aliphatic carbocycles. The van der Waals surface area contributed by atoms with E-state index in [1.165, 1.54) is 0 Å². The topological polar surface area (TPSA) is 71.2 Å². The molecule has 0 radical (unpaired) electrons. The van der Waals surface area contributed by atoms with Gasteiger partial charge in [0.25, 0.3) is 5.91 Å². The van der Waals surface area contributed by atoms with E-state index in [0.29, 0.717) is 29.1 Å². The molecule has 1 heterocycles. The van der Waals surface area contributed by atoms with Crippen molar-refractivity contribution in [1.82, 2.24) is 4.98 Å². The number of ether oxygens (including phenoxy) is 1. The Kier molecular flexibility index (Phi) is 6.02. The molecule has 0 aliphatic rings. The Hall–Kier alpha value is -2.56. The Morgan fingerprint density at radius 2 is 1.68 bits per heavy atom. The van der Waals surface area contributed by atoms with Gasteiger partial charge in [0.15, 0.2) is 0 Å². The average Bonchev–Trinajstić information content (AvgIpc) is 2.89. The van der Waals surface area contributed by atoms with Gasteiger partial charge in [0.2, 0.25) is 0 Å². The predicted octanol–water partition coefficient (Wildman–Crippen LogP) is 4.19. The third kappa shape index (κ3) is 3.76. The number of H-pyrrole nitrogens is 1. The quantitative estimate of drug-likeness (QED) is 0.773. The smallest absolute Gasteiger partial charge is 0.340 e. The first-order valence-corrected chi connectivity index (χ1v) is 8.72. The summed E-state index contributed by atoms with van der Waals surface area (Å²) in [7, 11) is 0. The number of esters is 1. The molecule has 5 nitrogen and oxygen atoms in total. The maximum atomic E-state index is 12.8. The fourth-order valence-electron chi connectivity index (χ4n) is 3.07. The number of amides is 1. The molecule has 0 saturated carbocycles. The molecule has 0 aliphatic heterocycles. The predicted molar refractivity (Wildman–Crippen MR) is 99.4 cm³/mol. The lowest BCUT2D eigenvalue weighted by atomic mass is 10.0. The van der Waals surface area contributed by atoms with Gasteiger partial charge >= 0.3 is 5.97 Å². The third-order valence-corrected chi connectivity index (χ3v) is 4.38. The minimum absolute atomic E-state index is 0.244. The highest BCUT2D eigenvalue weighted by atomic mass is 16.5. The van der Waals surface area contributed by atoms with Gasteiger partial charge in [-0.15, -0.1) is 0 Å². The molecule has 25 heavy (non-hydrogen) atoms. The van der Waals surface area contributed by atoms with Crippen molar-refractivity contribution in [1.29, 1.82) is 0 Å². The molecule has 1 aromatic carbocycles. The van der Waals surface area contributed by atoms with Gasteiger partial charge in [-0.1, -0.05) is 32.0 Å². The summed E-state index contributed by atoms with van der Waals surface area (Å²) in [4.78, 5) is 28.0. The standard InChI is InChI=1S/C20H26N2O3/c1-6-14-10-9-11-15(7-2)18(14)22-19(23)17-12(4)16(13(5)21-17)20(24)25-8-3/h9-11,21H,6-8H2,1-5H3,(H,22,23). The minimum Gasteiger partial charge on any atom is -0.462 e. The van der Waals surface area contributed by atoms with Gasteiger partial charge in [0.05, 0.1) is 12.2 Å². The zero-order chi connectivity index (χ0) is 18.6. The molecule has 0 bridgehead atoms. The highest BCUT2D eigenvalue weighted by Crippen LogP contribution is 2.25. The Morgan fingerprint density at radius 1 is 1.08 bits per heavy atom. The lowest BCUT2D eigenvalue weighted by molar-refractivity contribution is 0.0525. The first-order chi connectivity index (χ1) is 11.9. The van der Waals surface area contributed by atoms with E-state index >= 15 is 0 Å². The van der Waals surface area contributed by atoms with Crippen LogP contribution in [0.3, 0.4) is 0 Å². The third-order valence-electron chi connectivity index (χ3n) is 4.38. The van der Waals surface area contributed by atoms with Crippen molar-refractivity contribution < 1.29 is 14.3 Å². The number of para-hydroxylation sites is 1. The van der Waals surface area contributed by atoms with E-state index in [-0.39, 0.29) is 5.91 Å². The van der Waals surface area contributed by atoms with Crippen LogP contribution < -0.4 is 5.32 Å². The van der Waals surface area contributed by atoms with Crippen molar-refractivity contribution in [2.45, 2.75) is 47.5 Å². The van der Waals surface area contributed by atoms with Gasteiger partial charge in [-0.25, -0.2) is 4.79 Å². The summed E-state index contributed by atoms with van der Waals surface area (Å²) >= 11 is 0. The Bertz CT molecular complexity index is 768. The summed E-state index contributed by atoms with van der Waals surface area (Å²) in [6.07, 6.45) is 1.67. The second kappa shape index (κ2) is 8.01. The molecule has 2 aromatic rings. The maximum absolute atomic E-state index is 12.8. The molecule has 2 rings (SSSR count). The zero-order valence-corrected chi connectivity index (χ0v) is 15.6. The van der Waals surface area contributed by atoms with Crippen LogP contribution in [0.2, 0.25) is 0 Å². The number of hydrogen-bond acceptors (Lipinski definition) is 3. The van der Waals surface area contributed by atoms with E-state index in [2.05, 4.69) is 24.1 Å². The van der Waals surface area contributed by atoms with Gasteiger partial charge in [0, 0.05) is 11.4 Å². The molecule has 0 spiro atoms. The van der Waals surface area contributed by atoms with E-state index in [9.17, 15) is 9.59 Å². The monoisotopic (exact) mass is 342 g/mol. The van der Waals surface area contributed by atoms with E-state index in [0.717, 1.165) is 29.7 Å². The fourth-order valence-corrected chi connectivity index (χ4v) is 3.07. The summed E-state index contributed by atoms with van der Waals surface area (Å²) in [6, 6.07) is 6.05. The highest BCUT2D eigenvalue weighted by molar-refractivity contribution is 6.07. The van der Waals surface area contributed by atoms with Crippen LogP contribution in [-0.2, 0) is 17.6 Å². The van der Waals surface area contributed by atoms with Crippen molar-refractivity contribution in [3.05, 3.63) is 51.8 Å². The molecular formula is C20H26N2O3. The number of benzene rings is 1. The summed E-state index contributed by atoms with van der Waals surface area (Å²) in [6.45, 7) is 9.72. The average molecular weight is 342 g/mol. The van der Waals surface area contributed by atoms with Crippen LogP contribution in [0.5, 0.6) is 0 Å². The van der Waals surface area contributed by atoms with Crippen LogP contribution in [0.1, 0.15) is 64.0 Å². The largest absolute Gasteiger partial charge is 0.462 e. The summed E-state index contributed by atoms with van der Waals surface area (Å²) < 4.78 is 5.08. The first kappa shape index (κ1) is 18.8. The second-order valence-electron chi connectivity index (χ2n) is 5.96.